The van der Waals surface area contributed by atoms with Crippen LogP contribution in [0.15, 0.2) is 42.5 Å². The average Bonchev–Trinajstić information content (AvgIpc) is 2.38. The van der Waals surface area contributed by atoms with E-state index in [1.807, 2.05) is 0 Å². The van der Waals surface area contributed by atoms with Crippen molar-refractivity contribution in [3.8, 4) is 16.9 Å². The number of halogens is 4. The molecule has 0 spiro atoms. The molecule has 0 radical (unpaired) electrons. The lowest BCUT2D eigenvalue weighted by molar-refractivity contribution is -0.274. The van der Waals surface area contributed by atoms with Crippen molar-refractivity contribution in [1.82, 2.24) is 0 Å². The number of amides is 1. The van der Waals surface area contributed by atoms with E-state index >= 15 is 0 Å². The van der Waals surface area contributed by atoms with Crippen LogP contribution in [0.3, 0.4) is 0 Å². The Morgan fingerprint density at radius 2 is 1.81 bits per heavy atom. The molecule has 2 N–H and O–H groups in total. The maximum absolute atomic E-state index is 12.4. The molecule has 0 aliphatic carbocycles. The highest BCUT2D eigenvalue weighted by molar-refractivity contribution is 6.33. The van der Waals surface area contributed by atoms with Crippen LogP contribution in [0.4, 0.5) is 13.2 Å². The maximum atomic E-state index is 12.4. The Labute approximate surface area is 123 Å². The third-order valence-electron chi connectivity index (χ3n) is 2.66. The lowest BCUT2D eigenvalue weighted by atomic mass is 10.0. The Morgan fingerprint density at radius 1 is 1.14 bits per heavy atom. The molecule has 1 amide bonds. The molecule has 3 nitrogen and oxygen atoms in total. The van der Waals surface area contributed by atoms with Gasteiger partial charge in [-0.2, -0.15) is 0 Å². The highest BCUT2D eigenvalue weighted by atomic mass is 35.5. The number of para-hydroxylation sites is 1. The molecule has 0 aromatic heterocycles. The molecule has 0 saturated heterocycles. The predicted molar refractivity (Wildman–Crippen MR) is 72.1 cm³/mol. The first kappa shape index (κ1) is 15.2. The van der Waals surface area contributed by atoms with Crippen LogP contribution in [-0.4, -0.2) is 12.3 Å². The first-order chi connectivity index (χ1) is 9.78. The summed E-state index contributed by atoms with van der Waals surface area (Å²) in [6.45, 7) is 0. The quantitative estimate of drug-likeness (QED) is 0.930. The van der Waals surface area contributed by atoms with Crippen molar-refractivity contribution >= 4 is 17.5 Å². The second kappa shape index (κ2) is 5.65. The fourth-order valence-corrected chi connectivity index (χ4v) is 2.01. The monoisotopic (exact) mass is 315 g/mol. The number of alkyl halides is 3. The SMILES string of the molecule is NC(=O)c1cc(-c2ccccc2OC(F)(F)F)ccc1Cl. The summed E-state index contributed by atoms with van der Waals surface area (Å²) in [4.78, 5) is 11.2. The van der Waals surface area contributed by atoms with E-state index in [1.165, 1.54) is 36.4 Å². The van der Waals surface area contributed by atoms with Crippen LogP contribution >= 0.6 is 11.6 Å². The lowest BCUT2D eigenvalue weighted by Gasteiger charge is -2.14. The van der Waals surface area contributed by atoms with Crippen molar-refractivity contribution in [1.29, 1.82) is 0 Å². The molecule has 0 atom stereocenters. The number of nitrogens with two attached hydrogens (primary N) is 1. The summed E-state index contributed by atoms with van der Waals surface area (Å²) in [5.41, 5.74) is 5.71. The van der Waals surface area contributed by atoms with Gasteiger partial charge in [0.2, 0.25) is 5.91 Å². The average molecular weight is 316 g/mol. The molecule has 2 rings (SSSR count). The Kier molecular flexibility index (Phi) is 4.09. The Balaban J connectivity index is 2.52. The van der Waals surface area contributed by atoms with Crippen LogP contribution in [-0.2, 0) is 0 Å². The topological polar surface area (TPSA) is 52.3 Å². The zero-order valence-electron chi connectivity index (χ0n) is 10.4. The van der Waals surface area contributed by atoms with Gasteiger partial charge in [-0.15, -0.1) is 13.2 Å². The van der Waals surface area contributed by atoms with Crippen LogP contribution in [0.2, 0.25) is 5.02 Å². The van der Waals surface area contributed by atoms with Gasteiger partial charge in [-0.1, -0.05) is 35.9 Å². The van der Waals surface area contributed by atoms with Crippen LogP contribution in [0.5, 0.6) is 5.75 Å². The van der Waals surface area contributed by atoms with Gasteiger partial charge in [-0.3, -0.25) is 4.79 Å². The number of hydrogen-bond donors (Lipinski definition) is 1. The van der Waals surface area contributed by atoms with Crippen molar-refractivity contribution in [2.24, 2.45) is 5.73 Å². The molecule has 0 bridgehead atoms. The van der Waals surface area contributed by atoms with Crippen molar-refractivity contribution in [2.45, 2.75) is 6.36 Å². The minimum Gasteiger partial charge on any atom is -0.405 e. The van der Waals surface area contributed by atoms with Crippen LogP contribution in [0, 0.1) is 0 Å². The second-order valence-corrected chi connectivity index (χ2v) is 4.51. The summed E-state index contributed by atoms with van der Waals surface area (Å²) in [7, 11) is 0. The molecule has 0 aliphatic heterocycles. The van der Waals surface area contributed by atoms with Gasteiger partial charge in [0.25, 0.3) is 0 Å². The molecule has 0 fully saturated rings. The van der Waals surface area contributed by atoms with Crippen molar-refractivity contribution in [2.75, 3.05) is 0 Å². The number of carbonyl (C=O) groups is 1. The van der Waals surface area contributed by atoms with Crippen LogP contribution in [0.25, 0.3) is 11.1 Å². The molecular formula is C14H9ClF3NO2. The Morgan fingerprint density at radius 3 is 2.43 bits per heavy atom. The Hall–Kier alpha value is -2.21. The fraction of sp³-hybridized carbons (Fsp3) is 0.0714. The van der Waals surface area contributed by atoms with Gasteiger partial charge in [-0.25, -0.2) is 0 Å². The molecule has 0 heterocycles. The van der Waals surface area contributed by atoms with Gasteiger partial charge < -0.3 is 10.5 Å². The normalized spacial score (nSPS) is 11.2. The minimum atomic E-state index is -4.81. The van der Waals surface area contributed by atoms with Gasteiger partial charge in [-0.05, 0) is 23.8 Å². The predicted octanol–water partition coefficient (Wildman–Crippen LogP) is 4.00. The number of hydrogen-bond acceptors (Lipinski definition) is 2. The summed E-state index contributed by atoms with van der Waals surface area (Å²) in [5, 5.41) is 0.125. The van der Waals surface area contributed by atoms with E-state index in [1.54, 1.807) is 6.07 Å². The van der Waals surface area contributed by atoms with Crippen LogP contribution in [0.1, 0.15) is 10.4 Å². The largest absolute Gasteiger partial charge is 0.573 e. The molecule has 0 unspecified atom stereocenters. The van der Waals surface area contributed by atoms with E-state index in [0.29, 0.717) is 5.56 Å². The zero-order chi connectivity index (χ0) is 15.6. The van der Waals surface area contributed by atoms with E-state index in [0.717, 1.165) is 0 Å². The number of primary amides is 1. The third-order valence-corrected chi connectivity index (χ3v) is 2.99. The van der Waals surface area contributed by atoms with Gasteiger partial charge in [0.15, 0.2) is 0 Å². The molecule has 21 heavy (non-hydrogen) atoms. The first-order valence-electron chi connectivity index (χ1n) is 5.72. The number of benzene rings is 2. The van der Waals surface area contributed by atoms with Gasteiger partial charge >= 0.3 is 6.36 Å². The standard InChI is InChI=1S/C14H9ClF3NO2/c15-11-6-5-8(7-10(11)13(19)20)9-3-1-2-4-12(9)21-14(16,17)18/h1-7H,(H2,19,20). The second-order valence-electron chi connectivity index (χ2n) is 4.10. The van der Waals surface area contributed by atoms with E-state index in [-0.39, 0.29) is 21.9 Å². The van der Waals surface area contributed by atoms with Crippen LogP contribution < -0.4 is 10.5 Å². The first-order valence-corrected chi connectivity index (χ1v) is 6.10. The summed E-state index contributed by atoms with van der Waals surface area (Å²) < 4.78 is 41.1. The highest BCUT2D eigenvalue weighted by Gasteiger charge is 2.32. The zero-order valence-corrected chi connectivity index (χ0v) is 11.2. The molecule has 0 saturated carbocycles. The molecule has 2 aromatic carbocycles. The van der Waals surface area contributed by atoms with Crippen molar-refractivity contribution < 1.29 is 22.7 Å². The molecule has 7 heteroatoms. The van der Waals surface area contributed by atoms with E-state index < -0.39 is 12.3 Å². The van der Waals surface area contributed by atoms with Crippen molar-refractivity contribution in [3.05, 3.63) is 53.1 Å². The fourth-order valence-electron chi connectivity index (χ4n) is 1.80. The smallest absolute Gasteiger partial charge is 0.405 e. The summed E-state index contributed by atoms with van der Waals surface area (Å²) in [5.74, 6) is -1.14. The van der Waals surface area contributed by atoms with Gasteiger partial charge in [0.1, 0.15) is 5.75 Å². The minimum absolute atomic E-state index is 0.0241. The van der Waals surface area contributed by atoms with E-state index in [2.05, 4.69) is 4.74 Å². The van der Waals surface area contributed by atoms with E-state index in [4.69, 9.17) is 17.3 Å². The van der Waals surface area contributed by atoms with Crippen molar-refractivity contribution in [3.63, 3.8) is 0 Å². The molecule has 0 aliphatic rings. The molecule has 2 aromatic rings. The third kappa shape index (κ3) is 3.66. The Bertz CT molecular complexity index is 686. The number of carbonyl (C=O) groups excluding carboxylic acids is 1. The maximum Gasteiger partial charge on any atom is 0.573 e. The molecular weight excluding hydrogens is 307 g/mol. The summed E-state index contributed by atoms with van der Waals surface area (Å²) in [6.07, 6.45) is -4.81. The highest BCUT2D eigenvalue weighted by Crippen LogP contribution is 2.35. The lowest BCUT2D eigenvalue weighted by Crippen LogP contribution is -2.17. The number of rotatable bonds is 3. The van der Waals surface area contributed by atoms with E-state index in [9.17, 15) is 18.0 Å². The summed E-state index contributed by atoms with van der Waals surface area (Å²) in [6, 6.07) is 9.78. The van der Waals surface area contributed by atoms with Gasteiger partial charge in [0.05, 0.1) is 10.6 Å². The number of ether oxygens (including phenoxy) is 1. The summed E-state index contributed by atoms with van der Waals surface area (Å²) >= 11 is 5.81. The molecule has 110 valence electrons. The van der Waals surface area contributed by atoms with Gasteiger partial charge in [0, 0.05) is 5.56 Å².